The van der Waals surface area contributed by atoms with Crippen LogP contribution < -0.4 is 15.4 Å². The van der Waals surface area contributed by atoms with Crippen molar-refractivity contribution in [3.63, 3.8) is 0 Å². The number of methoxy groups -OCH3 is 1. The van der Waals surface area contributed by atoms with Crippen LogP contribution in [0.15, 0.2) is 24.3 Å². The van der Waals surface area contributed by atoms with Crippen molar-refractivity contribution >= 4 is 5.69 Å². The molecule has 4 heteroatoms. The largest absolute Gasteiger partial charge is 0.497 e. The van der Waals surface area contributed by atoms with Gasteiger partial charge >= 0.3 is 0 Å². The summed E-state index contributed by atoms with van der Waals surface area (Å²) in [4.78, 5) is 4.83. The Labute approximate surface area is 116 Å². The minimum atomic E-state index is 0.416. The first-order valence-corrected chi connectivity index (χ1v) is 6.96. The lowest BCUT2D eigenvalue weighted by atomic mass is 10.2. The van der Waals surface area contributed by atoms with Gasteiger partial charge in [0.15, 0.2) is 0 Å². The van der Waals surface area contributed by atoms with Crippen molar-refractivity contribution < 1.29 is 4.74 Å². The predicted octanol–water partition coefficient (Wildman–Crippen LogP) is 1.55. The highest BCUT2D eigenvalue weighted by Crippen LogP contribution is 2.23. The maximum atomic E-state index is 5.92. The molecular weight excluding hydrogens is 238 g/mol. The van der Waals surface area contributed by atoms with Gasteiger partial charge in [-0.3, -0.25) is 4.90 Å². The van der Waals surface area contributed by atoms with Crippen molar-refractivity contribution in [1.82, 2.24) is 4.90 Å². The zero-order valence-corrected chi connectivity index (χ0v) is 12.2. The molecule has 0 aromatic heterocycles. The fraction of sp³-hybridized carbons (Fsp3) is 0.600. The Kier molecular flexibility index (Phi) is 4.66. The Hall–Kier alpha value is -1.26. The highest BCUT2D eigenvalue weighted by Gasteiger charge is 2.25. The van der Waals surface area contributed by atoms with Gasteiger partial charge in [-0.15, -0.1) is 0 Å². The molecule has 0 radical (unpaired) electrons. The summed E-state index contributed by atoms with van der Waals surface area (Å²) in [6.07, 6.45) is 1.17. The summed E-state index contributed by atoms with van der Waals surface area (Å²) in [5.41, 5.74) is 7.17. The van der Waals surface area contributed by atoms with Crippen LogP contribution in [0.5, 0.6) is 5.75 Å². The van der Waals surface area contributed by atoms with Crippen LogP contribution >= 0.6 is 0 Å². The van der Waals surface area contributed by atoms with Crippen LogP contribution in [0, 0.1) is 0 Å². The zero-order valence-electron chi connectivity index (χ0n) is 12.2. The number of nitrogens with zero attached hydrogens (tertiary/aromatic N) is 2. The third-order valence-corrected chi connectivity index (χ3v) is 4.23. The lowest BCUT2D eigenvalue weighted by Gasteiger charge is -2.31. The van der Waals surface area contributed by atoms with E-state index in [9.17, 15) is 0 Å². The Balaban J connectivity index is 2.14. The summed E-state index contributed by atoms with van der Waals surface area (Å²) >= 11 is 0. The van der Waals surface area contributed by atoms with Crippen molar-refractivity contribution in [1.29, 1.82) is 0 Å². The molecule has 0 bridgehead atoms. The molecule has 2 rings (SSSR count). The Morgan fingerprint density at radius 1 is 1.32 bits per heavy atom. The molecule has 1 aliphatic rings. The monoisotopic (exact) mass is 263 g/mol. The zero-order chi connectivity index (χ0) is 13.8. The lowest BCUT2D eigenvalue weighted by molar-refractivity contribution is 0.201. The van der Waals surface area contributed by atoms with Crippen molar-refractivity contribution in [2.24, 2.45) is 5.73 Å². The molecule has 2 unspecified atom stereocenters. The van der Waals surface area contributed by atoms with Crippen molar-refractivity contribution in [2.75, 3.05) is 38.7 Å². The van der Waals surface area contributed by atoms with E-state index in [4.69, 9.17) is 10.5 Å². The molecule has 4 nitrogen and oxygen atoms in total. The van der Waals surface area contributed by atoms with Gasteiger partial charge < -0.3 is 15.4 Å². The fourth-order valence-electron chi connectivity index (χ4n) is 2.65. The van der Waals surface area contributed by atoms with Gasteiger partial charge in [0.05, 0.1) is 7.11 Å². The number of benzene rings is 1. The quantitative estimate of drug-likeness (QED) is 0.898. The van der Waals surface area contributed by atoms with Crippen LogP contribution in [-0.2, 0) is 0 Å². The van der Waals surface area contributed by atoms with E-state index < -0.39 is 0 Å². The molecular formula is C15H25N3O. The topological polar surface area (TPSA) is 41.7 Å². The highest BCUT2D eigenvalue weighted by molar-refractivity contribution is 5.49. The fourth-order valence-corrected chi connectivity index (χ4v) is 2.65. The number of rotatable bonds is 3. The van der Waals surface area contributed by atoms with E-state index in [1.54, 1.807) is 7.11 Å². The maximum Gasteiger partial charge on any atom is 0.119 e. The van der Waals surface area contributed by atoms with Crippen LogP contribution in [0.2, 0.25) is 0 Å². The van der Waals surface area contributed by atoms with Crippen LogP contribution in [0.1, 0.15) is 13.3 Å². The summed E-state index contributed by atoms with van der Waals surface area (Å²) < 4.78 is 5.21. The van der Waals surface area contributed by atoms with E-state index in [0.717, 1.165) is 18.8 Å². The van der Waals surface area contributed by atoms with Gasteiger partial charge in [0, 0.05) is 37.4 Å². The van der Waals surface area contributed by atoms with Gasteiger partial charge in [-0.25, -0.2) is 0 Å². The summed E-state index contributed by atoms with van der Waals surface area (Å²) in [6.45, 7) is 5.05. The third-order valence-electron chi connectivity index (χ3n) is 4.23. The predicted molar refractivity (Wildman–Crippen MR) is 79.9 cm³/mol. The minimum Gasteiger partial charge on any atom is -0.497 e. The van der Waals surface area contributed by atoms with Gasteiger partial charge in [0.1, 0.15) is 5.75 Å². The average Bonchev–Trinajstić information content (AvgIpc) is 2.60. The van der Waals surface area contributed by atoms with E-state index in [1.165, 1.54) is 12.1 Å². The molecule has 19 heavy (non-hydrogen) atoms. The number of likely N-dealkylation sites (N-methyl/N-ethyl adjacent to an activating group) is 1. The SMILES string of the molecule is COc1ccc(N2CCC(C)N(C)C(CN)C2)cc1. The van der Waals surface area contributed by atoms with Crippen LogP contribution in [0.3, 0.4) is 0 Å². The number of nitrogens with two attached hydrogens (primary N) is 1. The lowest BCUT2D eigenvalue weighted by Crippen LogP contribution is -2.46. The van der Waals surface area contributed by atoms with Crippen molar-refractivity contribution in [3.8, 4) is 5.75 Å². The van der Waals surface area contributed by atoms with Crippen molar-refractivity contribution in [2.45, 2.75) is 25.4 Å². The van der Waals surface area contributed by atoms with Crippen LogP contribution in [0.4, 0.5) is 5.69 Å². The second-order valence-electron chi connectivity index (χ2n) is 5.34. The maximum absolute atomic E-state index is 5.92. The number of anilines is 1. The number of ether oxygens (including phenoxy) is 1. The Morgan fingerprint density at radius 2 is 2.00 bits per heavy atom. The van der Waals surface area contributed by atoms with Gasteiger partial charge in [-0.05, 0) is 44.7 Å². The van der Waals surface area contributed by atoms with Crippen LogP contribution in [-0.4, -0.2) is 50.8 Å². The molecule has 1 aromatic rings. The summed E-state index contributed by atoms with van der Waals surface area (Å²) in [7, 11) is 3.88. The van der Waals surface area contributed by atoms with E-state index in [1.807, 2.05) is 12.1 Å². The molecule has 0 saturated carbocycles. The molecule has 1 heterocycles. The molecule has 1 fully saturated rings. The Bertz CT molecular complexity index is 393. The molecule has 1 aromatic carbocycles. The average molecular weight is 263 g/mol. The van der Waals surface area contributed by atoms with Gasteiger partial charge in [-0.1, -0.05) is 0 Å². The smallest absolute Gasteiger partial charge is 0.119 e. The number of hydrogen-bond donors (Lipinski definition) is 1. The number of hydrogen-bond acceptors (Lipinski definition) is 4. The normalized spacial score (nSPS) is 25.2. The van der Waals surface area contributed by atoms with E-state index in [-0.39, 0.29) is 0 Å². The van der Waals surface area contributed by atoms with E-state index in [2.05, 4.69) is 35.9 Å². The van der Waals surface area contributed by atoms with E-state index in [0.29, 0.717) is 18.6 Å². The summed E-state index contributed by atoms with van der Waals surface area (Å²) in [5.74, 6) is 0.902. The first kappa shape index (κ1) is 14.2. The van der Waals surface area contributed by atoms with Crippen LogP contribution in [0.25, 0.3) is 0 Å². The summed E-state index contributed by atoms with van der Waals surface area (Å²) in [5, 5.41) is 0. The molecule has 0 amide bonds. The molecule has 106 valence electrons. The highest BCUT2D eigenvalue weighted by atomic mass is 16.5. The Morgan fingerprint density at radius 3 is 2.58 bits per heavy atom. The molecule has 2 N–H and O–H groups in total. The molecule has 0 spiro atoms. The van der Waals surface area contributed by atoms with Gasteiger partial charge in [0.25, 0.3) is 0 Å². The molecule has 1 saturated heterocycles. The van der Waals surface area contributed by atoms with Gasteiger partial charge in [0.2, 0.25) is 0 Å². The van der Waals surface area contributed by atoms with E-state index >= 15 is 0 Å². The summed E-state index contributed by atoms with van der Waals surface area (Å²) in [6, 6.07) is 9.29. The van der Waals surface area contributed by atoms with Gasteiger partial charge in [-0.2, -0.15) is 0 Å². The molecule has 1 aliphatic heterocycles. The standard InChI is InChI=1S/C15H25N3O/c1-12-8-9-18(11-14(10-16)17(12)2)13-4-6-15(19-3)7-5-13/h4-7,12,14H,8-11,16H2,1-3H3. The first-order chi connectivity index (χ1) is 9.15. The molecule has 2 atom stereocenters. The first-order valence-electron chi connectivity index (χ1n) is 6.96. The second kappa shape index (κ2) is 6.26. The second-order valence-corrected chi connectivity index (χ2v) is 5.34. The molecule has 0 aliphatic carbocycles. The third kappa shape index (κ3) is 3.19. The van der Waals surface area contributed by atoms with Crippen molar-refractivity contribution in [3.05, 3.63) is 24.3 Å². The minimum absolute atomic E-state index is 0.416.